The lowest BCUT2D eigenvalue weighted by atomic mass is 10.0. The second-order valence-electron chi connectivity index (χ2n) is 5.05. The molecule has 2 aromatic carbocycles. The minimum absolute atomic E-state index is 0.0969. The summed E-state index contributed by atoms with van der Waals surface area (Å²) >= 11 is 0. The van der Waals surface area contributed by atoms with Gasteiger partial charge in [-0.2, -0.15) is 0 Å². The van der Waals surface area contributed by atoms with Crippen LogP contribution in [0.2, 0.25) is 0 Å². The Balaban J connectivity index is 2.25. The van der Waals surface area contributed by atoms with E-state index in [1.165, 1.54) is 18.2 Å². The van der Waals surface area contributed by atoms with Crippen molar-refractivity contribution in [2.45, 2.75) is 13.3 Å². The van der Waals surface area contributed by atoms with E-state index in [0.717, 1.165) is 12.0 Å². The predicted octanol–water partition coefficient (Wildman–Crippen LogP) is 2.97. The van der Waals surface area contributed by atoms with Crippen LogP contribution < -0.4 is 5.11 Å². The van der Waals surface area contributed by atoms with Gasteiger partial charge in [-0.1, -0.05) is 13.0 Å². The van der Waals surface area contributed by atoms with Crippen molar-refractivity contribution in [2.24, 2.45) is 0 Å². The first-order valence-electron chi connectivity index (χ1n) is 6.99. The van der Waals surface area contributed by atoms with E-state index in [0.29, 0.717) is 22.2 Å². The highest BCUT2D eigenvalue weighted by atomic mass is 19.1. The molecule has 0 N–H and O–H groups in total. The molecule has 3 aromatic rings. The SMILES string of the molecule is CCc1ccc2nc(-c3ccc(F)cc3)cc(C(=O)[O-])c2c1. The minimum atomic E-state index is -1.25. The van der Waals surface area contributed by atoms with Crippen molar-refractivity contribution in [2.75, 3.05) is 0 Å². The second-order valence-corrected chi connectivity index (χ2v) is 5.05. The summed E-state index contributed by atoms with van der Waals surface area (Å²) < 4.78 is 13.0. The molecule has 0 radical (unpaired) electrons. The molecule has 0 aliphatic carbocycles. The molecule has 0 saturated carbocycles. The van der Waals surface area contributed by atoms with Crippen LogP contribution in [0.3, 0.4) is 0 Å². The molecule has 0 spiro atoms. The molecular formula is C18H13FNO2-. The fourth-order valence-corrected chi connectivity index (χ4v) is 2.43. The van der Waals surface area contributed by atoms with Crippen LogP contribution in [0.25, 0.3) is 22.2 Å². The zero-order chi connectivity index (χ0) is 15.7. The minimum Gasteiger partial charge on any atom is -0.545 e. The van der Waals surface area contributed by atoms with E-state index in [1.54, 1.807) is 18.2 Å². The summed E-state index contributed by atoms with van der Waals surface area (Å²) in [5, 5.41) is 12.0. The van der Waals surface area contributed by atoms with Crippen LogP contribution >= 0.6 is 0 Å². The molecule has 1 aromatic heterocycles. The molecule has 22 heavy (non-hydrogen) atoms. The largest absolute Gasteiger partial charge is 0.545 e. The quantitative estimate of drug-likeness (QED) is 0.746. The van der Waals surface area contributed by atoms with Crippen LogP contribution in [-0.2, 0) is 6.42 Å². The Bertz CT molecular complexity index is 857. The molecule has 3 rings (SSSR count). The summed E-state index contributed by atoms with van der Waals surface area (Å²) in [5.41, 5.74) is 2.85. The number of aromatic carboxylic acids is 1. The van der Waals surface area contributed by atoms with Crippen LogP contribution in [0.4, 0.5) is 4.39 Å². The number of pyridine rings is 1. The van der Waals surface area contributed by atoms with E-state index in [-0.39, 0.29) is 11.4 Å². The van der Waals surface area contributed by atoms with Crippen molar-refractivity contribution >= 4 is 16.9 Å². The fourth-order valence-electron chi connectivity index (χ4n) is 2.43. The van der Waals surface area contributed by atoms with Gasteiger partial charge >= 0.3 is 0 Å². The van der Waals surface area contributed by atoms with Crippen molar-refractivity contribution in [1.29, 1.82) is 0 Å². The number of fused-ring (bicyclic) bond motifs is 1. The number of rotatable bonds is 3. The molecule has 4 heteroatoms. The molecule has 0 aliphatic rings. The molecule has 0 fully saturated rings. The van der Waals surface area contributed by atoms with Gasteiger partial charge in [0.1, 0.15) is 5.82 Å². The Morgan fingerprint density at radius 2 is 1.86 bits per heavy atom. The third kappa shape index (κ3) is 2.55. The lowest BCUT2D eigenvalue weighted by Gasteiger charge is -2.11. The number of aromatic nitrogens is 1. The van der Waals surface area contributed by atoms with Gasteiger partial charge in [-0.15, -0.1) is 0 Å². The first-order chi connectivity index (χ1) is 10.6. The van der Waals surface area contributed by atoms with Crippen LogP contribution in [0.15, 0.2) is 48.5 Å². The Hall–Kier alpha value is -2.75. The van der Waals surface area contributed by atoms with Gasteiger partial charge in [-0.05, 0) is 54.4 Å². The first kappa shape index (κ1) is 14.2. The van der Waals surface area contributed by atoms with E-state index in [2.05, 4.69) is 4.98 Å². The predicted molar refractivity (Wildman–Crippen MR) is 80.8 cm³/mol. The van der Waals surface area contributed by atoms with E-state index in [9.17, 15) is 14.3 Å². The van der Waals surface area contributed by atoms with E-state index >= 15 is 0 Å². The second kappa shape index (κ2) is 5.56. The molecule has 0 aliphatic heterocycles. The highest BCUT2D eigenvalue weighted by molar-refractivity contribution is 6.03. The molecule has 110 valence electrons. The van der Waals surface area contributed by atoms with Gasteiger partial charge in [0.2, 0.25) is 0 Å². The van der Waals surface area contributed by atoms with Crippen LogP contribution in [0.5, 0.6) is 0 Å². The summed E-state index contributed by atoms with van der Waals surface area (Å²) in [4.78, 5) is 15.9. The molecule has 0 amide bonds. The van der Waals surface area contributed by atoms with Gasteiger partial charge in [0, 0.05) is 16.5 Å². The molecule has 0 unspecified atom stereocenters. The van der Waals surface area contributed by atoms with Crippen LogP contribution in [-0.4, -0.2) is 11.0 Å². The number of benzene rings is 2. The summed E-state index contributed by atoms with van der Waals surface area (Å²) in [6.07, 6.45) is 0.808. The lowest BCUT2D eigenvalue weighted by Crippen LogP contribution is -2.22. The number of hydrogen-bond acceptors (Lipinski definition) is 3. The van der Waals surface area contributed by atoms with Crippen molar-refractivity contribution in [1.82, 2.24) is 4.98 Å². The smallest absolute Gasteiger partial charge is 0.123 e. The Kier molecular flexibility index (Phi) is 3.59. The molecular weight excluding hydrogens is 281 g/mol. The average Bonchev–Trinajstić information content (AvgIpc) is 2.53. The number of hydrogen-bond donors (Lipinski definition) is 0. The summed E-state index contributed by atoms with van der Waals surface area (Å²) in [7, 11) is 0. The zero-order valence-electron chi connectivity index (χ0n) is 12.0. The fraction of sp³-hybridized carbons (Fsp3) is 0.111. The number of halogens is 1. The average molecular weight is 294 g/mol. The lowest BCUT2D eigenvalue weighted by molar-refractivity contribution is -0.254. The van der Waals surface area contributed by atoms with E-state index < -0.39 is 5.97 Å². The summed E-state index contributed by atoms with van der Waals surface area (Å²) in [5.74, 6) is -1.60. The molecule has 0 atom stereocenters. The summed E-state index contributed by atoms with van der Waals surface area (Å²) in [6, 6.07) is 12.8. The standard InChI is InChI=1S/C18H14FNO2/c1-2-11-3-8-16-14(9-11)15(18(21)22)10-17(20-16)12-4-6-13(19)7-5-12/h3-10H,2H2,1H3,(H,21,22)/p-1. The number of carbonyl (C=O) groups excluding carboxylic acids is 1. The maximum Gasteiger partial charge on any atom is 0.123 e. The highest BCUT2D eigenvalue weighted by Crippen LogP contribution is 2.25. The van der Waals surface area contributed by atoms with Crippen molar-refractivity contribution in [3.8, 4) is 11.3 Å². The van der Waals surface area contributed by atoms with Gasteiger partial charge in [-0.3, -0.25) is 0 Å². The molecule has 0 bridgehead atoms. The van der Waals surface area contributed by atoms with Gasteiger partial charge < -0.3 is 9.90 Å². The molecule has 1 heterocycles. The van der Waals surface area contributed by atoms with Crippen molar-refractivity contribution < 1.29 is 14.3 Å². The molecule has 3 nitrogen and oxygen atoms in total. The third-order valence-corrected chi connectivity index (χ3v) is 3.64. The Morgan fingerprint density at radius 1 is 1.14 bits per heavy atom. The van der Waals surface area contributed by atoms with Crippen LogP contribution in [0, 0.1) is 5.82 Å². The van der Waals surface area contributed by atoms with Gasteiger partial charge in [0.05, 0.1) is 17.2 Å². The highest BCUT2D eigenvalue weighted by Gasteiger charge is 2.09. The molecule has 0 saturated heterocycles. The van der Waals surface area contributed by atoms with Gasteiger partial charge in [0.15, 0.2) is 0 Å². The van der Waals surface area contributed by atoms with Gasteiger partial charge in [-0.25, -0.2) is 9.37 Å². The normalized spacial score (nSPS) is 10.8. The van der Waals surface area contributed by atoms with Gasteiger partial charge in [0.25, 0.3) is 0 Å². The summed E-state index contributed by atoms with van der Waals surface area (Å²) in [6.45, 7) is 2.00. The number of aryl methyl sites for hydroxylation is 1. The third-order valence-electron chi connectivity index (χ3n) is 3.64. The van der Waals surface area contributed by atoms with Crippen molar-refractivity contribution in [3.63, 3.8) is 0 Å². The zero-order valence-corrected chi connectivity index (χ0v) is 12.0. The number of carbonyl (C=O) groups is 1. The van der Waals surface area contributed by atoms with Crippen molar-refractivity contribution in [3.05, 3.63) is 65.5 Å². The Labute approximate surface area is 127 Å². The van der Waals surface area contributed by atoms with E-state index in [1.807, 2.05) is 19.1 Å². The van der Waals surface area contributed by atoms with E-state index in [4.69, 9.17) is 0 Å². The number of carboxylic acid groups (broad SMARTS) is 1. The first-order valence-corrected chi connectivity index (χ1v) is 6.99. The topological polar surface area (TPSA) is 53.0 Å². The Morgan fingerprint density at radius 3 is 2.50 bits per heavy atom. The maximum atomic E-state index is 13.0. The maximum absolute atomic E-state index is 13.0. The monoisotopic (exact) mass is 294 g/mol. The van der Waals surface area contributed by atoms with Crippen LogP contribution in [0.1, 0.15) is 22.8 Å². The number of carboxylic acids is 1. The number of nitrogens with zero attached hydrogens (tertiary/aromatic N) is 1.